The van der Waals surface area contributed by atoms with Crippen molar-refractivity contribution in [2.24, 2.45) is 0 Å². The molecule has 3 rings (SSSR count). The number of carbonyl (C=O) groups excluding carboxylic acids is 2. The maximum absolute atomic E-state index is 12.9. The number of phosphoric ester groups is 2. The Balaban J connectivity index is 1.43. The van der Waals surface area contributed by atoms with Crippen molar-refractivity contribution in [3.05, 3.63) is 12.7 Å². The van der Waals surface area contributed by atoms with E-state index >= 15 is 0 Å². The Morgan fingerprint density at radius 3 is 1.65 bits per heavy atom. The van der Waals surface area contributed by atoms with E-state index in [-0.39, 0.29) is 29.8 Å². The largest absolute Gasteiger partial charge is 0.481 e. The number of rotatable bonds is 40. The first-order valence-corrected chi connectivity index (χ1v) is 27.7. The van der Waals surface area contributed by atoms with E-state index in [4.69, 9.17) is 29.0 Å². The molecular formula is C45H81N5O14P2. The summed E-state index contributed by atoms with van der Waals surface area (Å²) in [5.41, 5.74) is 6.22. The minimum atomic E-state index is -5.39. The molecule has 1 aliphatic rings. The first-order valence-electron chi connectivity index (χ1n) is 24.7. The average molecular weight is 978 g/mol. The molecule has 21 heteroatoms. The smallest absolute Gasteiger partial charge is 0.462 e. The Hall–Kier alpha value is -2.57. The van der Waals surface area contributed by atoms with Crippen molar-refractivity contribution < 1.29 is 66.3 Å². The lowest BCUT2D eigenvalue weighted by Gasteiger charge is -2.21. The van der Waals surface area contributed by atoms with Gasteiger partial charge in [0.05, 0.1) is 19.5 Å². The predicted octanol–water partition coefficient (Wildman–Crippen LogP) is 9.70. The Morgan fingerprint density at radius 2 is 1.14 bits per heavy atom. The number of esters is 2. The number of phosphoric acid groups is 2. The number of fused-ring (bicyclic) bond motifs is 1. The van der Waals surface area contributed by atoms with Crippen molar-refractivity contribution in [1.29, 1.82) is 0 Å². The fraction of sp³-hybridized carbons (Fsp3) is 0.844. The fourth-order valence-electron chi connectivity index (χ4n) is 7.87. The third-order valence-electron chi connectivity index (χ3n) is 11.7. The van der Waals surface area contributed by atoms with Gasteiger partial charge in [-0.3, -0.25) is 23.2 Å². The molecule has 0 amide bonds. The van der Waals surface area contributed by atoms with Crippen LogP contribution in [-0.4, -0.2) is 95.7 Å². The minimum absolute atomic E-state index is 0.0661. The SMILES string of the molecule is CCCCCCCCCCCCCCCC(=O)OC[C@H](COP(=O)(O)OP(=O)(O)OC[C@H]1O[C@@H](n2cnc3c(N)ncnc32)[C@@H](O)[C@@H]1O)OC(=O)CCCCCCCCCCCCCCC. The van der Waals surface area contributed by atoms with Gasteiger partial charge in [0.1, 0.15) is 36.8 Å². The number of ether oxygens (including phenoxy) is 3. The highest BCUT2D eigenvalue weighted by molar-refractivity contribution is 7.61. The summed E-state index contributed by atoms with van der Waals surface area (Å²) in [4.78, 5) is 58.2. The van der Waals surface area contributed by atoms with Crippen LogP contribution in [0.15, 0.2) is 12.7 Å². The molecule has 7 atom stereocenters. The van der Waals surface area contributed by atoms with Crippen LogP contribution in [0.1, 0.15) is 200 Å². The molecule has 3 heterocycles. The maximum atomic E-state index is 12.9. The Labute approximate surface area is 391 Å². The first-order chi connectivity index (χ1) is 31.8. The van der Waals surface area contributed by atoms with Gasteiger partial charge >= 0.3 is 27.6 Å². The van der Waals surface area contributed by atoms with Crippen molar-refractivity contribution in [1.82, 2.24) is 19.5 Å². The van der Waals surface area contributed by atoms with Gasteiger partial charge in [-0.05, 0) is 12.8 Å². The highest BCUT2D eigenvalue weighted by Crippen LogP contribution is 2.60. The lowest BCUT2D eigenvalue weighted by atomic mass is 10.0. The summed E-state index contributed by atoms with van der Waals surface area (Å²) in [6.45, 7) is 2.26. The van der Waals surface area contributed by atoms with E-state index in [2.05, 4.69) is 33.1 Å². The quantitative estimate of drug-likeness (QED) is 0.0236. The van der Waals surface area contributed by atoms with Crippen LogP contribution in [0.4, 0.5) is 5.82 Å². The molecule has 0 saturated carbocycles. The molecule has 0 radical (unpaired) electrons. The molecule has 2 aromatic rings. The molecule has 2 unspecified atom stereocenters. The number of nitrogen functional groups attached to an aromatic ring is 1. The summed E-state index contributed by atoms with van der Waals surface area (Å²) < 4.78 is 57.8. The summed E-state index contributed by atoms with van der Waals surface area (Å²) >= 11 is 0. The fourth-order valence-corrected chi connectivity index (χ4v) is 9.98. The molecule has 0 aromatic carbocycles. The molecule has 380 valence electrons. The van der Waals surface area contributed by atoms with Crippen molar-refractivity contribution in [3.8, 4) is 0 Å². The van der Waals surface area contributed by atoms with Crippen LogP contribution in [0.2, 0.25) is 0 Å². The molecule has 0 bridgehead atoms. The monoisotopic (exact) mass is 978 g/mol. The Kier molecular flexibility index (Phi) is 28.9. The number of nitrogens with two attached hydrogens (primary N) is 1. The van der Waals surface area contributed by atoms with Crippen LogP contribution in [0.3, 0.4) is 0 Å². The van der Waals surface area contributed by atoms with Crippen LogP contribution >= 0.6 is 15.6 Å². The molecule has 0 aliphatic carbocycles. The van der Waals surface area contributed by atoms with Crippen molar-refractivity contribution >= 4 is 44.6 Å². The average Bonchev–Trinajstić information content (AvgIpc) is 3.84. The Morgan fingerprint density at radius 1 is 0.667 bits per heavy atom. The first kappa shape index (κ1) is 57.7. The number of unbranched alkanes of at least 4 members (excludes halogenated alkanes) is 24. The van der Waals surface area contributed by atoms with Gasteiger partial charge in [-0.1, -0.05) is 168 Å². The summed E-state index contributed by atoms with van der Waals surface area (Å²) in [6.07, 6.45) is 25.2. The topological polar surface area (TPSA) is 274 Å². The van der Waals surface area contributed by atoms with Crippen LogP contribution in [0.25, 0.3) is 11.2 Å². The van der Waals surface area contributed by atoms with Crippen molar-refractivity contribution in [2.45, 2.75) is 224 Å². The molecule has 19 nitrogen and oxygen atoms in total. The van der Waals surface area contributed by atoms with Gasteiger partial charge in [0, 0.05) is 12.8 Å². The molecule has 6 N–H and O–H groups in total. The van der Waals surface area contributed by atoms with Crippen LogP contribution in [-0.2, 0) is 46.3 Å². The zero-order valence-electron chi connectivity index (χ0n) is 39.6. The van der Waals surface area contributed by atoms with Crippen molar-refractivity contribution in [3.63, 3.8) is 0 Å². The molecule has 0 spiro atoms. The normalized spacial score (nSPS) is 19.7. The minimum Gasteiger partial charge on any atom is -0.462 e. The van der Waals surface area contributed by atoms with Gasteiger partial charge in [0.2, 0.25) is 0 Å². The molecule has 1 aliphatic heterocycles. The van der Waals surface area contributed by atoms with Gasteiger partial charge in [-0.25, -0.2) is 24.1 Å². The van der Waals surface area contributed by atoms with Gasteiger partial charge in [-0.15, -0.1) is 0 Å². The van der Waals surface area contributed by atoms with Crippen LogP contribution < -0.4 is 5.73 Å². The number of carbonyl (C=O) groups is 2. The second kappa shape index (κ2) is 33.0. The maximum Gasteiger partial charge on any atom is 0.481 e. The zero-order valence-corrected chi connectivity index (χ0v) is 41.4. The number of aliphatic hydroxyl groups is 2. The third-order valence-corrected chi connectivity index (χ3v) is 14.3. The summed E-state index contributed by atoms with van der Waals surface area (Å²) in [5.74, 6) is -1.09. The third kappa shape index (κ3) is 23.6. The summed E-state index contributed by atoms with van der Waals surface area (Å²) in [6, 6.07) is 0. The van der Waals surface area contributed by atoms with E-state index in [0.29, 0.717) is 12.8 Å². The van der Waals surface area contributed by atoms with E-state index in [1.54, 1.807) is 0 Å². The highest BCUT2D eigenvalue weighted by Gasteiger charge is 2.46. The van der Waals surface area contributed by atoms with Crippen molar-refractivity contribution in [2.75, 3.05) is 25.6 Å². The number of hydrogen-bond acceptors (Lipinski definition) is 16. The predicted molar refractivity (Wildman–Crippen MR) is 250 cm³/mol. The number of imidazole rings is 1. The number of aliphatic hydroxyl groups excluding tert-OH is 2. The van der Waals surface area contributed by atoms with Crippen LogP contribution in [0.5, 0.6) is 0 Å². The van der Waals surface area contributed by atoms with Crippen LogP contribution in [0, 0.1) is 0 Å². The van der Waals surface area contributed by atoms with E-state index in [1.165, 1.54) is 126 Å². The van der Waals surface area contributed by atoms with E-state index in [1.807, 2.05) is 0 Å². The molecular weight excluding hydrogens is 896 g/mol. The zero-order chi connectivity index (χ0) is 48.0. The highest BCUT2D eigenvalue weighted by atomic mass is 31.3. The van der Waals surface area contributed by atoms with E-state index in [0.717, 1.165) is 44.9 Å². The summed E-state index contributed by atoms with van der Waals surface area (Å²) in [5, 5.41) is 21.3. The Bertz CT molecular complexity index is 1740. The standard InChI is InChI=1S/C45H81N5O14P2/c1-3-5-7-9-11-13-15-17-19-21-23-25-27-29-38(51)59-31-36(62-39(52)30-28-26-24-22-20-18-16-14-12-10-8-6-4-2)32-60-65(55,56)64-66(57,58)61-33-37-41(53)42(54)45(63-37)50-35-49-40-43(46)47-34-48-44(40)50/h34-37,41-42,45,53-54H,3-33H2,1-2H3,(H,55,56)(H,57,58)(H2,46,47,48)/t36-,37-,41-,42+,45-/m1/s1. The second-order valence-corrected chi connectivity index (χ2v) is 20.6. The van der Waals surface area contributed by atoms with Gasteiger partial charge in [-0.2, -0.15) is 4.31 Å². The summed E-state index contributed by atoms with van der Waals surface area (Å²) in [7, 11) is -10.8. The van der Waals surface area contributed by atoms with Gasteiger partial charge in [0.15, 0.2) is 23.8 Å². The van der Waals surface area contributed by atoms with Gasteiger partial charge < -0.3 is 39.9 Å². The number of aromatic nitrogens is 4. The number of nitrogens with zero attached hydrogens (tertiary/aromatic N) is 4. The second-order valence-electron chi connectivity index (χ2n) is 17.5. The number of hydrogen-bond donors (Lipinski definition) is 5. The lowest BCUT2D eigenvalue weighted by Crippen LogP contribution is -2.33. The van der Waals surface area contributed by atoms with E-state index < -0.39 is 78.0 Å². The molecule has 66 heavy (non-hydrogen) atoms. The molecule has 2 aromatic heterocycles. The van der Waals surface area contributed by atoms with Gasteiger partial charge in [0.25, 0.3) is 0 Å². The number of anilines is 1. The molecule has 1 saturated heterocycles. The lowest BCUT2D eigenvalue weighted by molar-refractivity contribution is -0.161. The van der Waals surface area contributed by atoms with E-state index in [9.17, 15) is 38.7 Å². The molecule has 1 fully saturated rings.